The third kappa shape index (κ3) is 2.33. The van der Waals surface area contributed by atoms with Gasteiger partial charge in [-0.3, -0.25) is 0 Å². The van der Waals surface area contributed by atoms with Gasteiger partial charge in [-0.1, -0.05) is 30.8 Å². The van der Waals surface area contributed by atoms with E-state index in [-0.39, 0.29) is 0 Å². The number of benzene rings is 1. The van der Waals surface area contributed by atoms with Crippen molar-refractivity contribution in [1.82, 2.24) is 0 Å². The minimum absolute atomic E-state index is 0.544. The summed E-state index contributed by atoms with van der Waals surface area (Å²) in [5.74, 6) is 0. The molecule has 0 aromatic heterocycles. The quantitative estimate of drug-likeness (QED) is 0.724. The van der Waals surface area contributed by atoms with Crippen molar-refractivity contribution in [2.75, 3.05) is 0 Å². The van der Waals surface area contributed by atoms with Gasteiger partial charge in [-0.15, -0.1) is 0 Å². The summed E-state index contributed by atoms with van der Waals surface area (Å²) in [7, 11) is 0. The zero-order valence-electron chi connectivity index (χ0n) is 8.04. The molecule has 3 N–H and O–H groups in total. The standard InChI is InChI=1S/C11H15NO/c1-8(12)9-4-6-10(7-5-9)11(2,3)13/h4-7,13H,1,12H2,2-3H3. The lowest BCUT2D eigenvalue weighted by Gasteiger charge is -2.17. The molecule has 0 radical (unpaired) electrons. The highest BCUT2D eigenvalue weighted by molar-refractivity contribution is 5.60. The molecule has 2 heteroatoms. The van der Waals surface area contributed by atoms with Crippen LogP contribution in [0, 0.1) is 0 Å². The molecular formula is C11H15NO. The Morgan fingerprint density at radius 2 is 1.77 bits per heavy atom. The molecule has 0 saturated heterocycles. The van der Waals surface area contributed by atoms with E-state index in [2.05, 4.69) is 6.58 Å². The van der Waals surface area contributed by atoms with E-state index in [1.165, 1.54) is 0 Å². The van der Waals surface area contributed by atoms with Crippen molar-refractivity contribution in [2.45, 2.75) is 19.4 Å². The lowest BCUT2D eigenvalue weighted by molar-refractivity contribution is 0.0786. The normalized spacial score (nSPS) is 11.3. The minimum Gasteiger partial charge on any atom is -0.399 e. The van der Waals surface area contributed by atoms with Gasteiger partial charge in [0.05, 0.1) is 5.60 Å². The molecule has 1 aromatic carbocycles. The first kappa shape index (κ1) is 9.81. The van der Waals surface area contributed by atoms with E-state index in [9.17, 15) is 5.11 Å². The highest BCUT2D eigenvalue weighted by Gasteiger charge is 2.14. The molecule has 0 aliphatic rings. The highest BCUT2D eigenvalue weighted by Crippen LogP contribution is 2.20. The first-order valence-electron chi connectivity index (χ1n) is 4.19. The molecular weight excluding hydrogens is 162 g/mol. The first-order valence-corrected chi connectivity index (χ1v) is 4.19. The van der Waals surface area contributed by atoms with Crippen molar-refractivity contribution in [1.29, 1.82) is 0 Å². The Kier molecular flexibility index (Phi) is 2.43. The molecule has 0 unspecified atom stereocenters. The summed E-state index contributed by atoms with van der Waals surface area (Å²) in [5.41, 5.74) is 7.03. The fraction of sp³-hybridized carbons (Fsp3) is 0.273. The molecule has 0 bridgehead atoms. The summed E-state index contributed by atoms with van der Waals surface area (Å²) < 4.78 is 0. The van der Waals surface area contributed by atoms with Gasteiger partial charge in [0.25, 0.3) is 0 Å². The number of hydrogen-bond donors (Lipinski definition) is 2. The zero-order valence-corrected chi connectivity index (χ0v) is 8.04. The highest BCUT2D eigenvalue weighted by atomic mass is 16.3. The summed E-state index contributed by atoms with van der Waals surface area (Å²) >= 11 is 0. The van der Waals surface area contributed by atoms with Crippen LogP contribution in [-0.4, -0.2) is 5.11 Å². The number of rotatable bonds is 2. The fourth-order valence-electron chi connectivity index (χ4n) is 1.09. The Balaban J connectivity index is 3.01. The van der Waals surface area contributed by atoms with Crippen LogP contribution < -0.4 is 5.73 Å². The monoisotopic (exact) mass is 177 g/mol. The van der Waals surface area contributed by atoms with E-state index in [0.717, 1.165) is 11.1 Å². The fourth-order valence-corrected chi connectivity index (χ4v) is 1.09. The van der Waals surface area contributed by atoms with Crippen LogP contribution in [0.5, 0.6) is 0 Å². The molecule has 0 saturated carbocycles. The second kappa shape index (κ2) is 3.23. The molecule has 0 amide bonds. The molecule has 13 heavy (non-hydrogen) atoms. The van der Waals surface area contributed by atoms with Crippen LogP contribution >= 0.6 is 0 Å². The molecule has 0 heterocycles. The molecule has 0 spiro atoms. The van der Waals surface area contributed by atoms with Gasteiger partial charge in [0.15, 0.2) is 0 Å². The lowest BCUT2D eigenvalue weighted by Crippen LogP contribution is -2.15. The predicted octanol–water partition coefficient (Wildman–Crippen LogP) is 1.84. The summed E-state index contributed by atoms with van der Waals surface area (Å²) in [6.45, 7) is 7.13. The van der Waals surface area contributed by atoms with E-state index in [4.69, 9.17) is 5.73 Å². The second-order valence-electron chi connectivity index (χ2n) is 3.66. The maximum Gasteiger partial charge on any atom is 0.0840 e. The van der Waals surface area contributed by atoms with E-state index < -0.39 is 5.60 Å². The van der Waals surface area contributed by atoms with Gasteiger partial charge >= 0.3 is 0 Å². The molecule has 1 rings (SSSR count). The van der Waals surface area contributed by atoms with Gasteiger partial charge in [0, 0.05) is 5.70 Å². The summed E-state index contributed by atoms with van der Waals surface area (Å²) in [6, 6.07) is 7.42. The van der Waals surface area contributed by atoms with Crippen molar-refractivity contribution in [3.05, 3.63) is 42.0 Å². The topological polar surface area (TPSA) is 46.2 Å². The molecule has 2 nitrogen and oxygen atoms in total. The Hall–Kier alpha value is -1.28. The maximum atomic E-state index is 9.66. The van der Waals surface area contributed by atoms with Gasteiger partial charge in [-0.2, -0.15) is 0 Å². The average molecular weight is 177 g/mol. The number of hydrogen-bond acceptors (Lipinski definition) is 2. The van der Waals surface area contributed by atoms with E-state index in [1.54, 1.807) is 13.8 Å². The van der Waals surface area contributed by atoms with Crippen molar-refractivity contribution in [3.8, 4) is 0 Å². The molecule has 0 aliphatic carbocycles. The van der Waals surface area contributed by atoms with Crippen molar-refractivity contribution in [2.24, 2.45) is 5.73 Å². The average Bonchev–Trinajstić information content (AvgIpc) is 2.03. The molecule has 70 valence electrons. The summed E-state index contributed by atoms with van der Waals surface area (Å²) in [6.07, 6.45) is 0. The zero-order chi connectivity index (χ0) is 10.1. The SMILES string of the molecule is C=C(N)c1ccc(C(C)(C)O)cc1. The Bertz CT molecular complexity index is 306. The molecule has 0 aliphatic heterocycles. The van der Waals surface area contributed by atoms with Crippen molar-refractivity contribution in [3.63, 3.8) is 0 Å². The summed E-state index contributed by atoms with van der Waals surface area (Å²) in [4.78, 5) is 0. The van der Waals surface area contributed by atoms with Crippen LogP contribution in [0.2, 0.25) is 0 Å². The number of aliphatic hydroxyl groups is 1. The van der Waals surface area contributed by atoms with Gasteiger partial charge < -0.3 is 10.8 Å². The minimum atomic E-state index is -0.797. The summed E-state index contributed by atoms with van der Waals surface area (Å²) in [5, 5.41) is 9.66. The van der Waals surface area contributed by atoms with Crippen LogP contribution in [0.3, 0.4) is 0 Å². The molecule has 0 fully saturated rings. The van der Waals surface area contributed by atoms with Gasteiger partial charge in [-0.25, -0.2) is 0 Å². The van der Waals surface area contributed by atoms with Crippen molar-refractivity contribution >= 4 is 5.70 Å². The predicted molar refractivity (Wildman–Crippen MR) is 54.9 cm³/mol. The van der Waals surface area contributed by atoms with Crippen LogP contribution in [0.25, 0.3) is 5.70 Å². The van der Waals surface area contributed by atoms with Crippen LogP contribution in [0.1, 0.15) is 25.0 Å². The Morgan fingerprint density at radius 1 is 1.31 bits per heavy atom. The second-order valence-corrected chi connectivity index (χ2v) is 3.66. The van der Waals surface area contributed by atoms with Crippen molar-refractivity contribution < 1.29 is 5.11 Å². The van der Waals surface area contributed by atoms with Gasteiger partial charge in [0.1, 0.15) is 0 Å². The molecule has 1 aromatic rings. The Labute approximate surface area is 78.7 Å². The third-order valence-corrected chi connectivity index (χ3v) is 1.96. The van der Waals surface area contributed by atoms with E-state index >= 15 is 0 Å². The van der Waals surface area contributed by atoms with Crippen LogP contribution in [0.15, 0.2) is 30.8 Å². The lowest BCUT2D eigenvalue weighted by atomic mass is 9.97. The van der Waals surface area contributed by atoms with Gasteiger partial charge in [0.2, 0.25) is 0 Å². The van der Waals surface area contributed by atoms with Crippen LogP contribution in [0.4, 0.5) is 0 Å². The Morgan fingerprint density at radius 3 is 2.08 bits per heavy atom. The first-order chi connectivity index (χ1) is 5.91. The van der Waals surface area contributed by atoms with Gasteiger partial charge in [-0.05, 0) is 25.0 Å². The smallest absolute Gasteiger partial charge is 0.0840 e. The van der Waals surface area contributed by atoms with Crippen LogP contribution in [-0.2, 0) is 5.60 Å². The van der Waals surface area contributed by atoms with E-state index in [1.807, 2.05) is 24.3 Å². The third-order valence-electron chi connectivity index (χ3n) is 1.96. The maximum absolute atomic E-state index is 9.66. The van der Waals surface area contributed by atoms with E-state index in [0.29, 0.717) is 5.70 Å². The number of nitrogens with two attached hydrogens (primary N) is 1. The largest absolute Gasteiger partial charge is 0.399 e. The molecule has 0 atom stereocenters.